The number of nitrogens with zero attached hydrogens (tertiary/aromatic N) is 2. The van der Waals surface area contributed by atoms with Crippen LogP contribution in [0.25, 0.3) is 16.6 Å². The van der Waals surface area contributed by atoms with Crippen LogP contribution < -0.4 is 4.74 Å². The molecule has 3 aromatic carbocycles. The normalized spacial score (nSPS) is 17.4. The first-order valence-electron chi connectivity index (χ1n) is 11.0. The van der Waals surface area contributed by atoms with Crippen molar-refractivity contribution in [3.05, 3.63) is 89.6 Å². The lowest BCUT2D eigenvalue weighted by Gasteiger charge is -2.17. The van der Waals surface area contributed by atoms with Gasteiger partial charge in [0.1, 0.15) is 17.6 Å². The van der Waals surface area contributed by atoms with E-state index in [-0.39, 0.29) is 11.9 Å². The number of ether oxygens (including phenoxy) is 3. The van der Waals surface area contributed by atoms with Crippen molar-refractivity contribution in [3.8, 4) is 23.3 Å². The molecule has 0 amide bonds. The number of alkyl halides is 3. The molecule has 1 saturated heterocycles. The van der Waals surface area contributed by atoms with E-state index in [1.165, 1.54) is 6.07 Å². The molecule has 2 heterocycles. The van der Waals surface area contributed by atoms with E-state index in [1.807, 2.05) is 61.0 Å². The van der Waals surface area contributed by atoms with Gasteiger partial charge in [-0.3, -0.25) is 0 Å². The fourth-order valence-electron chi connectivity index (χ4n) is 4.28. The zero-order valence-electron chi connectivity index (χ0n) is 19.0. The second-order valence-corrected chi connectivity index (χ2v) is 8.70. The van der Waals surface area contributed by atoms with E-state index in [2.05, 4.69) is 0 Å². The SMILES string of the molecule is CC1(C)OC[C@H](c2cccc3c2ccn3-c2ccc(Oc3ccc(C(F)(F)F)c(C#N)c3)cc2)O1. The van der Waals surface area contributed by atoms with Gasteiger partial charge >= 0.3 is 6.18 Å². The molecule has 8 heteroatoms. The number of fused-ring (bicyclic) bond motifs is 1. The van der Waals surface area contributed by atoms with Crippen LogP contribution in [0.4, 0.5) is 13.2 Å². The van der Waals surface area contributed by atoms with E-state index in [4.69, 9.17) is 19.5 Å². The smallest absolute Gasteiger partial charge is 0.417 e. The molecular weight excluding hydrogens is 457 g/mol. The molecule has 0 unspecified atom stereocenters. The molecule has 0 aliphatic carbocycles. The first kappa shape index (κ1) is 23.0. The van der Waals surface area contributed by atoms with Crippen LogP contribution in [0.15, 0.2) is 72.9 Å². The Hall–Kier alpha value is -3.80. The number of rotatable bonds is 4. The average molecular weight is 478 g/mol. The maximum absolute atomic E-state index is 13.0. The van der Waals surface area contributed by atoms with E-state index >= 15 is 0 Å². The molecule has 1 atom stereocenters. The Bertz CT molecular complexity index is 1430. The highest BCUT2D eigenvalue weighted by atomic mass is 19.4. The molecule has 0 saturated carbocycles. The summed E-state index contributed by atoms with van der Waals surface area (Å²) < 4.78 is 58.6. The Morgan fingerprint density at radius 3 is 2.43 bits per heavy atom. The van der Waals surface area contributed by atoms with Gasteiger partial charge in [0.15, 0.2) is 5.79 Å². The third-order valence-corrected chi connectivity index (χ3v) is 5.89. The van der Waals surface area contributed by atoms with Crippen LogP contribution in [0.3, 0.4) is 0 Å². The standard InChI is InChI=1S/C27H21F3N2O3/c1-26(2)33-16-25(35-26)22-4-3-5-24-21(22)12-13-32(24)18-6-8-19(9-7-18)34-20-10-11-23(27(28,29)30)17(14-20)15-31/h3-14,25H,16H2,1-2H3/t25-/m1/s1. The molecule has 0 radical (unpaired) electrons. The predicted octanol–water partition coefficient (Wildman–Crippen LogP) is 7.14. The Morgan fingerprint density at radius 1 is 1.03 bits per heavy atom. The van der Waals surface area contributed by atoms with Crippen molar-refractivity contribution in [1.82, 2.24) is 4.57 Å². The Balaban J connectivity index is 1.39. The molecule has 4 aromatic rings. The van der Waals surface area contributed by atoms with Crippen molar-refractivity contribution in [3.63, 3.8) is 0 Å². The van der Waals surface area contributed by atoms with Gasteiger partial charge in [-0.2, -0.15) is 18.4 Å². The van der Waals surface area contributed by atoms with Gasteiger partial charge in [0, 0.05) is 17.3 Å². The molecule has 5 nitrogen and oxygen atoms in total. The summed E-state index contributed by atoms with van der Waals surface area (Å²) in [7, 11) is 0. The lowest BCUT2D eigenvalue weighted by Crippen LogP contribution is -2.19. The minimum Gasteiger partial charge on any atom is -0.457 e. The van der Waals surface area contributed by atoms with Crippen molar-refractivity contribution < 1.29 is 27.4 Å². The highest BCUT2D eigenvalue weighted by Crippen LogP contribution is 2.37. The van der Waals surface area contributed by atoms with E-state index in [0.29, 0.717) is 12.4 Å². The summed E-state index contributed by atoms with van der Waals surface area (Å²) in [5, 5.41) is 10.2. The summed E-state index contributed by atoms with van der Waals surface area (Å²) >= 11 is 0. The highest BCUT2D eigenvalue weighted by Gasteiger charge is 2.35. The second-order valence-electron chi connectivity index (χ2n) is 8.70. The topological polar surface area (TPSA) is 56.4 Å². The van der Waals surface area contributed by atoms with Gasteiger partial charge in [-0.05, 0) is 74.0 Å². The Morgan fingerprint density at radius 2 is 1.77 bits per heavy atom. The van der Waals surface area contributed by atoms with Crippen LogP contribution in [-0.2, 0) is 15.7 Å². The third kappa shape index (κ3) is 4.48. The quantitative estimate of drug-likeness (QED) is 0.313. The number of hydrogen-bond acceptors (Lipinski definition) is 4. The zero-order valence-corrected chi connectivity index (χ0v) is 19.0. The van der Waals surface area contributed by atoms with Crippen LogP contribution in [0.5, 0.6) is 11.5 Å². The Kier molecular flexibility index (Phi) is 5.55. The van der Waals surface area contributed by atoms with Crippen molar-refractivity contribution >= 4 is 10.9 Å². The molecule has 0 bridgehead atoms. The van der Waals surface area contributed by atoms with Gasteiger partial charge in [-0.15, -0.1) is 0 Å². The number of halogens is 3. The zero-order chi connectivity index (χ0) is 24.8. The van der Waals surface area contributed by atoms with Crippen LogP contribution in [-0.4, -0.2) is 17.0 Å². The molecule has 1 fully saturated rings. The van der Waals surface area contributed by atoms with E-state index in [9.17, 15) is 13.2 Å². The molecule has 1 aliphatic heterocycles. The monoisotopic (exact) mass is 478 g/mol. The molecule has 1 aliphatic rings. The van der Waals surface area contributed by atoms with Gasteiger partial charge in [-0.25, -0.2) is 0 Å². The van der Waals surface area contributed by atoms with Gasteiger partial charge < -0.3 is 18.8 Å². The van der Waals surface area contributed by atoms with Gasteiger partial charge in [0.25, 0.3) is 0 Å². The summed E-state index contributed by atoms with van der Waals surface area (Å²) in [5.74, 6) is -0.0277. The number of benzene rings is 3. The van der Waals surface area contributed by atoms with Gasteiger partial charge in [0.05, 0.1) is 29.3 Å². The fraction of sp³-hybridized carbons (Fsp3) is 0.222. The fourth-order valence-corrected chi connectivity index (χ4v) is 4.28. The second kappa shape index (κ2) is 8.45. The Labute approximate surface area is 199 Å². The summed E-state index contributed by atoms with van der Waals surface area (Å²) in [5.41, 5.74) is 1.48. The van der Waals surface area contributed by atoms with E-state index in [1.54, 1.807) is 18.2 Å². The van der Waals surface area contributed by atoms with Crippen molar-refractivity contribution in [2.45, 2.75) is 31.9 Å². The minimum atomic E-state index is -4.60. The highest BCUT2D eigenvalue weighted by molar-refractivity contribution is 5.85. The van der Waals surface area contributed by atoms with E-state index in [0.717, 1.165) is 34.3 Å². The van der Waals surface area contributed by atoms with Crippen molar-refractivity contribution in [2.24, 2.45) is 0 Å². The van der Waals surface area contributed by atoms with Crippen molar-refractivity contribution in [1.29, 1.82) is 5.26 Å². The average Bonchev–Trinajstić information content (AvgIpc) is 3.41. The molecular formula is C27H21F3N2O3. The van der Waals surface area contributed by atoms with Crippen LogP contribution in [0.1, 0.15) is 36.6 Å². The minimum absolute atomic E-state index is 0.151. The van der Waals surface area contributed by atoms with Crippen molar-refractivity contribution in [2.75, 3.05) is 6.61 Å². The summed E-state index contributed by atoms with van der Waals surface area (Å²) in [6.45, 7) is 4.28. The van der Waals surface area contributed by atoms with E-state index < -0.39 is 23.1 Å². The maximum atomic E-state index is 13.0. The molecule has 5 rings (SSSR count). The first-order chi connectivity index (χ1) is 16.6. The molecule has 1 aromatic heterocycles. The first-order valence-corrected chi connectivity index (χ1v) is 11.0. The number of nitriles is 1. The molecule has 178 valence electrons. The summed E-state index contributed by atoms with van der Waals surface area (Å²) in [6, 6.07) is 20.0. The molecule has 35 heavy (non-hydrogen) atoms. The molecule has 0 spiro atoms. The van der Waals surface area contributed by atoms with Gasteiger partial charge in [-0.1, -0.05) is 12.1 Å². The van der Waals surface area contributed by atoms with Crippen LogP contribution in [0, 0.1) is 11.3 Å². The van der Waals surface area contributed by atoms with Gasteiger partial charge in [0.2, 0.25) is 0 Å². The lowest BCUT2D eigenvalue weighted by atomic mass is 10.1. The number of hydrogen-bond donors (Lipinski definition) is 0. The third-order valence-electron chi connectivity index (χ3n) is 5.89. The number of aromatic nitrogens is 1. The lowest BCUT2D eigenvalue weighted by molar-refractivity contribution is -0.139. The summed E-state index contributed by atoms with van der Waals surface area (Å²) in [4.78, 5) is 0. The van der Waals surface area contributed by atoms with Crippen LogP contribution in [0.2, 0.25) is 0 Å². The largest absolute Gasteiger partial charge is 0.457 e. The maximum Gasteiger partial charge on any atom is 0.417 e. The van der Waals surface area contributed by atoms with Crippen LogP contribution >= 0.6 is 0 Å². The molecule has 0 N–H and O–H groups in total. The predicted molar refractivity (Wildman–Crippen MR) is 123 cm³/mol. The summed E-state index contributed by atoms with van der Waals surface area (Å²) in [6.07, 6.45) is -2.78.